The smallest absolute Gasteiger partial charge is 0.121 e. The molecule has 0 bridgehead atoms. The van der Waals surface area contributed by atoms with E-state index >= 15 is 0 Å². The molecule has 4 heteroatoms. The molecule has 0 saturated carbocycles. The summed E-state index contributed by atoms with van der Waals surface area (Å²) in [5.41, 5.74) is 11.9. The van der Waals surface area contributed by atoms with E-state index in [1.165, 1.54) is 96.7 Å². The van der Waals surface area contributed by atoms with Gasteiger partial charge in [-0.2, -0.15) is 0 Å². The van der Waals surface area contributed by atoms with Crippen LogP contribution in [-0.2, 0) is 17.4 Å². The van der Waals surface area contributed by atoms with Gasteiger partial charge < -0.3 is 0 Å². The monoisotopic (exact) mass is 1330 g/mol. The molecule has 465 valence electrons. The van der Waals surface area contributed by atoms with Crippen LogP contribution in [0.4, 0.5) is 0 Å². The van der Waals surface area contributed by atoms with Gasteiger partial charge in [0, 0.05) is 0 Å². The molecule has 0 N–H and O–H groups in total. The Morgan fingerprint density at radius 3 is 0.289 bits per heavy atom. The summed E-state index contributed by atoms with van der Waals surface area (Å²) in [6, 6.07) is 166. The third-order valence-corrected chi connectivity index (χ3v) is 33.1. The Morgan fingerprint density at radius 2 is 0.196 bits per heavy atom. The van der Waals surface area contributed by atoms with Crippen molar-refractivity contribution in [1.29, 1.82) is 0 Å². The molecule has 15 aromatic rings. The van der Waals surface area contributed by atoms with Crippen molar-refractivity contribution in [1.82, 2.24) is 0 Å². The molecule has 0 aliphatic heterocycles. The molecule has 0 spiro atoms. The van der Waals surface area contributed by atoms with Gasteiger partial charge in [0.25, 0.3) is 0 Å². The first-order valence-corrected chi connectivity index (χ1v) is 39.2. The molecule has 0 nitrogen and oxygen atoms in total. The Kier molecular flexibility index (Phi) is 22.1. The maximum atomic E-state index is 2.32. The minimum Gasteiger partial charge on any atom is -0.121 e. The zero-order valence-electron chi connectivity index (χ0n) is 54.2. The van der Waals surface area contributed by atoms with E-state index < -0.39 is 24.2 Å². The van der Waals surface area contributed by atoms with Gasteiger partial charge in [0.1, 0.15) is 24.2 Å². The van der Waals surface area contributed by atoms with Crippen LogP contribution in [-0.4, -0.2) is 24.2 Å². The quantitative estimate of drug-likeness (QED) is 0.0456. The fraction of sp³-hybridized carbons (Fsp3) is 0. The number of hydrogen-bond acceptors (Lipinski definition) is 0. The van der Waals surface area contributed by atoms with E-state index in [-0.39, 0.29) is 17.4 Å². The molecule has 0 aliphatic carbocycles. The normalized spacial score (nSPS) is 11.0. The first-order valence-electron chi connectivity index (χ1n) is 33.2. The summed E-state index contributed by atoms with van der Waals surface area (Å²) >= 11 is 0. The van der Waals surface area contributed by atoms with Gasteiger partial charge in [0.15, 0.2) is 0 Å². The van der Waals surface area contributed by atoms with Crippen LogP contribution in [0, 0.1) is 16.6 Å². The van der Waals surface area contributed by atoms with Crippen LogP contribution in [0.1, 0.15) is 33.4 Å². The second-order valence-electron chi connectivity index (χ2n) is 23.9. The predicted molar refractivity (Wildman–Crippen MR) is 415 cm³/mol. The largest absolute Gasteiger partial charge is 3.00 e. The summed E-state index contributed by atoms with van der Waals surface area (Å²) in [6.07, 6.45) is 0. The van der Waals surface area contributed by atoms with E-state index in [0.29, 0.717) is 0 Å². The van der Waals surface area contributed by atoms with Crippen LogP contribution in [0.2, 0.25) is 0 Å². The maximum Gasteiger partial charge on any atom is 3.00 e. The maximum absolute atomic E-state index is 2.62. The molecule has 0 saturated heterocycles. The minimum atomic E-state index is -2.62. The van der Waals surface area contributed by atoms with Crippen molar-refractivity contribution in [3.63, 3.8) is 0 Å². The summed E-state index contributed by atoms with van der Waals surface area (Å²) in [4.78, 5) is 0. The second-order valence-corrected chi connectivity index (χ2v) is 35.1. The summed E-state index contributed by atoms with van der Waals surface area (Å²) in [6.45, 7) is 0. The van der Waals surface area contributed by atoms with Gasteiger partial charge in [-0.15, -0.1) is 123 Å². The zero-order valence-corrected chi connectivity index (χ0v) is 58.5. The molecular weight excluding hydrogens is 1250 g/mol. The summed E-state index contributed by atoms with van der Waals surface area (Å²) < 4.78 is 0. The Balaban J connectivity index is 0.000000138. The average molecular weight is 1330 g/mol. The number of hydrogen-bond donors (Lipinski definition) is 0. The Morgan fingerprint density at radius 1 is 0.113 bits per heavy atom. The first kappa shape index (κ1) is 66.1. The van der Waals surface area contributed by atoms with Crippen molar-refractivity contribution in [3.8, 4) is 0 Å². The Bertz CT molecular complexity index is 3790. The zero-order chi connectivity index (χ0) is 64.9. The van der Waals surface area contributed by atoms with Crippen LogP contribution in [0.5, 0.6) is 0 Å². The van der Waals surface area contributed by atoms with Crippen LogP contribution in [0.25, 0.3) is 0 Å². The third-order valence-electron chi connectivity index (χ3n) is 18.4. The summed E-state index contributed by atoms with van der Waals surface area (Å²) in [5.74, 6) is 0. The molecular formula is C93H75CrSi3. The second kappa shape index (κ2) is 32.5. The number of rotatable bonds is 18. The Hall–Kier alpha value is -10.9. The molecule has 0 aromatic heterocycles. The fourth-order valence-corrected chi connectivity index (χ4v) is 29.8. The van der Waals surface area contributed by atoms with Crippen molar-refractivity contribution in [2.45, 2.75) is 0 Å². The van der Waals surface area contributed by atoms with Crippen LogP contribution in [0.3, 0.4) is 0 Å². The van der Waals surface area contributed by atoms with Gasteiger partial charge in [-0.05, 0) is 0 Å². The predicted octanol–water partition coefficient (Wildman–Crippen LogP) is 16.1. The molecule has 0 unspecified atom stereocenters. The average Bonchev–Trinajstić information content (AvgIpc) is 0.743. The SMILES string of the molecule is [Cr+3].c1ccc([C-](c2ccccc2)[Si](c2ccccc2)(c2ccccc2)c2ccccc2)cc1.c1ccc([C-](c2ccccc2)[Si](c2ccccc2)(c2ccccc2)c2ccccc2)cc1.c1ccc([C-](c2ccccc2)[Si](c2ccccc2)(c2ccccc2)c2ccccc2)cc1. The molecule has 0 aliphatic rings. The van der Waals surface area contributed by atoms with Crippen molar-refractivity contribution in [2.24, 2.45) is 0 Å². The van der Waals surface area contributed by atoms with Gasteiger partial charge in [-0.3, -0.25) is 0 Å². The molecule has 0 heterocycles. The molecule has 97 heavy (non-hydrogen) atoms. The summed E-state index contributed by atoms with van der Waals surface area (Å²) in [5, 5.41) is 12.5. The minimum absolute atomic E-state index is 0. The molecule has 15 rings (SSSR count). The van der Waals surface area contributed by atoms with Crippen molar-refractivity contribution >= 4 is 70.9 Å². The molecule has 0 amide bonds. The topological polar surface area (TPSA) is 0 Å². The number of benzene rings is 15. The van der Waals surface area contributed by atoms with Gasteiger partial charge in [0.2, 0.25) is 0 Å². The van der Waals surface area contributed by atoms with E-state index in [1.54, 1.807) is 0 Å². The molecule has 15 aromatic carbocycles. The van der Waals surface area contributed by atoms with E-state index in [9.17, 15) is 0 Å². The Labute approximate surface area is 588 Å². The van der Waals surface area contributed by atoms with Gasteiger partial charge in [-0.1, -0.05) is 429 Å². The van der Waals surface area contributed by atoms with Crippen molar-refractivity contribution in [3.05, 3.63) is 505 Å². The molecule has 0 atom stereocenters. The molecule has 1 radical (unpaired) electrons. The third kappa shape index (κ3) is 14.0. The van der Waals surface area contributed by atoms with E-state index in [4.69, 9.17) is 0 Å². The van der Waals surface area contributed by atoms with Crippen molar-refractivity contribution in [2.75, 3.05) is 0 Å². The summed E-state index contributed by atoms with van der Waals surface area (Å²) in [7, 11) is -7.85. The van der Waals surface area contributed by atoms with Crippen LogP contribution < -0.4 is 46.7 Å². The van der Waals surface area contributed by atoms with E-state index in [1.807, 2.05) is 0 Å². The van der Waals surface area contributed by atoms with E-state index in [0.717, 1.165) is 0 Å². The van der Waals surface area contributed by atoms with Crippen LogP contribution >= 0.6 is 0 Å². The molecule has 0 fully saturated rings. The first-order chi connectivity index (χ1) is 47.7. The van der Waals surface area contributed by atoms with Gasteiger partial charge >= 0.3 is 17.4 Å². The van der Waals surface area contributed by atoms with Crippen molar-refractivity contribution < 1.29 is 17.4 Å². The standard InChI is InChI=1S/3C31H25Si.Cr/c3*1-6-16-26(17-7-1)31(27-18-8-2-9-19-27)32(28-20-10-3-11-21-28,29-22-12-4-13-23-29)30-24-14-5-15-25-30;/h3*1-25H;/q3*-1;+3. The van der Waals surface area contributed by atoms with Crippen LogP contribution in [0.15, 0.2) is 455 Å². The van der Waals surface area contributed by atoms with Gasteiger partial charge in [0.05, 0.1) is 0 Å². The fourth-order valence-electron chi connectivity index (χ4n) is 14.4. The van der Waals surface area contributed by atoms with Gasteiger partial charge in [-0.25, -0.2) is 0 Å². The van der Waals surface area contributed by atoms with E-state index in [2.05, 4.69) is 455 Å².